The highest BCUT2D eigenvalue weighted by atomic mass is 32.2. The van der Waals surface area contributed by atoms with Crippen LogP contribution >= 0.6 is 11.8 Å². The predicted molar refractivity (Wildman–Crippen MR) is 63.4 cm³/mol. The number of aromatic nitrogens is 3. The molecule has 2 aromatic rings. The van der Waals surface area contributed by atoms with E-state index in [9.17, 15) is 0 Å². The first-order valence-corrected chi connectivity index (χ1v) is 5.80. The Bertz CT molecular complexity index is 474. The molecule has 2 heterocycles. The Morgan fingerprint density at radius 3 is 2.38 bits per heavy atom. The van der Waals surface area contributed by atoms with Gasteiger partial charge in [-0.3, -0.25) is 0 Å². The van der Waals surface area contributed by atoms with Gasteiger partial charge in [0.2, 0.25) is 0 Å². The second kappa shape index (κ2) is 4.61. The van der Waals surface area contributed by atoms with Crippen molar-refractivity contribution in [3.8, 4) is 0 Å². The van der Waals surface area contributed by atoms with Gasteiger partial charge in [0.25, 0.3) is 0 Å². The molecule has 4 heteroatoms. The highest BCUT2D eigenvalue weighted by Gasteiger charge is 2.06. The molecule has 0 aliphatic rings. The van der Waals surface area contributed by atoms with Crippen molar-refractivity contribution in [3.63, 3.8) is 0 Å². The van der Waals surface area contributed by atoms with Gasteiger partial charge < -0.3 is 0 Å². The van der Waals surface area contributed by atoms with Crippen molar-refractivity contribution in [2.24, 2.45) is 0 Å². The molecule has 0 aliphatic heterocycles. The van der Waals surface area contributed by atoms with Crippen molar-refractivity contribution >= 4 is 11.8 Å². The van der Waals surface area contributed by atoms with Crippen LogP contribution in [0.15, 0.2) is 28.5 Å². The lowest BCUT2D eigenvalue weighted by Gasteiger charge is -2.05. The molecule has 1 radical (unpaired) electrons. The average Bonchev–Trinajstić information content (AvgIpc) is 2.27. The molecular formula is C12H12N3S. The van der Waals surface area contributed by atoms with E-state index in [1.54, 1.807) is 6.20 Å². The van der Waals surface area contributed by atoms with Crippen molar-refractivity contribution in [2.75, 3.05) is 0 Å². The Balaban J connectivity index is 2.29. The fraction of sp³-hybridized carbons (Fsp3) is 0.250. The molecular weight excluding hydrogens is 218 g/mol. The number of hydrogen-bond acceptors (Lipinski definition) is 4. The highest BCUT2D eigenvalue weighted by Crippen LogP contribution is 2.23. The van der Waals surface area contributed by atoms with Crippen molar-refractivity contribution in [1.29, 1.82) is 0 Å². The lowest BCUT2D eigenvalue weighted by Crippen LogP contribution is -1.98. The van der Waals surface area contributed by atoms with E-state index in [0.717, 1.165) is 27.1 Å². The van der Waals surface area contributed by atoms with Gasteiger partial charge in [-0.25, -0.2) is 15.0 Å². The van der Waals surface area contributed by atoms with E-state index < -0.39 is 0 Å². The molecule has 2 rings (SSSR count). The van der Waals surface area contributed by atoms with Crippen LogP contribution in [0.1, 0.15) is 17.0 Å². The van der Waals surface area contributed by atoms with Crippen LogP contribution in [0.3, 0.4) is 0 Å². The Morgan fingerprint density at radius 1 is 1.12 bits per heavy atom. The van der Waals surface area contributed by atoms with Crippen LogP contribution in [-0.2, 0) is 0 Å². The molecule has 0 saturated carbocycles. The van der Waals surface area contributed by atoms with E-state index >= 15 is 0 Å². The van der Waals surface area contributed by atoms with Gasteiger partial charge in [0.1, 0.15) is 5.03 Å². The smallest absolute Gasteiger partial charge is 0.194 e. The third-order valence-electron chi connectivity index (χ3n) is 2.40. The first-order valence-electron chi connectivity index (χ1n) is 4.98. The summed E-state index contributed by atoms with van der Waals surface area (Å²) in [5, 5.41) is 1.64. The summed E-state index contributed by atoms with van der Waals surface area (Å²) in [6, 6.07) is 6.62. The number of nitrogens with zero attached hydrogens (tertiary/aromatic N) is 3. The molecule has 0 fully saturated rings. The molecule has 0 saturated heterocycles. The van der Waals surface area contributed by atoms with Crippen LogP contribution in [-0.4, -0.2) is 15.0 Å². The van der Waals surface area contributed by atoms with Gasteiger partial charge >= 0.3 is 0 Å². The number of hydrogen-bond donors (Lipinski definition) is 0. The summed E-state index contributed by atoms with van der Waals surface area (Å²) in [6.07, 6.45) is 1.65. The molecule has 0 aromatic carbocycles. The average molecular weight is 230 g/mol. The fourth-order valence-electron chi connectivity index (χ4n) is 1.25. The minimum absolute atomic E-state index is 0.749. The fourth-order valence-corrected chi connectivity index (χ4v) is 2.04. The lowest BCUT2D eigenvalue weighted by molar-refractivity contribution is 0.878. The zero-order chi connectivity index (χ0) is 11.5. The minimum atomic E-state index is 0.749. The predicted octanol–water partition coefficient (Wildman–Crippen LogP) is 2.75. The van der Waals surface area contributed by atoms with Crippen molar-refractivity contribution in [1.82, 2.24) is 15.0 Å². The maximum atomic E-state index is 4.43. The van der Waals surface area contributed by atoms with Gasteiger partial charge in [0.15, 0.2) is 5.16 Å². The third-order valence-corrected chi connectivity index (χ3v) is 3.21. The van der Waals surface area contributed by atoms with E-state index in [2.05, 4.69) is 21.0 Å². The standard InChI is InChI=1S/C12H12N3S/c1-8-9(2)14-12(15-10(8)3)16-11-6-4-5-7-13-11/h4,6-7H,1-3H3. The number of aryl methyl sites for hydroxylation is 2. The molecule has 0 N–H and O–H groups in total. The second-order valence-electron chi connectivity index (χ2n) is 3.50. The minimum Gasteiger partial charge on any atom is -0.249 e. The van der Waals surface area contributed by atoms with Crippen molar-refractivity contribution in [2.45, 2.75) is 31.0 Å². The summed E-state index contributed by atoms with van der Waals surface area (Å²) in [6.45, 7) is 6.04. The molecule has 3 nitrogen and oxygen atoms in total. The van der Waals surface area contributed by atoms with Crippen molar-refractivity contribution in [3.05, 3.63) is 41.3 Å². The van der Waals surface area contributed by atoms with Gasteiger partial charge in [-0.15, -0.1) is 0 Å². The van der Waals surface area contributed by atoms with E-state index in [1.165, 1.54) is 11.8 Å². The first-order chi connectivity index (χ1) is 7.66. The number of pyridine rings is 1. The van der Waals surface area contributed by atoms with Crippen LogP contribution in [0.5, 0.6) is 0 Å². The van der Waals surface area contributed by atoms with Gasteiger partial charge in [-0.05, 0) is 44.2 Å². The molecule has 0 spiro atoms. The van der Waals surface area contributed by atoms with Gasteiger partial charge in [-0.2, -0.15) is 0 Å². The SMILES string of the molecule is Cc1nc(Sc2cc[c]cn2)nc(C)c1C. The summed E-state index contributed by atoms with van der Waals surface area (Å²) in [7, 11) is 0. The molecule has 2 aromatic heterocycles. The summed E-state index contributed by atoms with van der Waals surface area (Å²) < 4.78 is 0. The van der Waals surface area contributed by atoms with Crippen LogP contribution in [0.25, 0.3) is 0 Å². The summed E-state index contributed by atoms with van der Waals surface area (Å²) >= 11 is 1.47. The molecule has 0 bridgehead atoms. The van der Waals surface area contributed by atoms with Gasteiger partial charge in [-0.1, -0.05) is 6.07 Å². The van der Waals surface area contributed by atoms with E-state index in [0.29, 0.717) is 0 Å². The zero-order valence-corrected chi connectivity index (χ0v) is 10.3. The highest BCUT2D eigenvalue weighted by molar-refractivity contribution is 7.99. The molecule has 16 heavy (non-hydrogen) atoms. The monoisotopic (exact) mass is 230 g/mol. The maximum absolute atomic E-state index is 4.43. The summed E-state index contributed by atoms with van der Waals surface area (Å²) in [4.78, 5) is 13.0. The number of rotatable bonds is 2. The molecule has 0 atom stereocenters. The largest absolute Gasteiger partial charge is 0.249 e. The maximum Gasteiger partial charge on any atom is 0.194 e. The quantitative estimate of drug-likeness (QED) is 0.744. The van der Waals surface area contributed by atoms with E-state index in [-0.39, 0.29) is 0 Å². The Kier molecular flexibility index (Phi) is 3.19. The van der Waals surface area contributed by atoms with Crippen molar-refractivity contribution < 1.29 is 0 Å². The van der Waals surface area contributed by atoms with Crippen LogP contribution in [0.2, 0.25) is 0 Å². The summed E-state index contributed by atoms with van der Waals surface area (Å²) in [5.74, 6) is 0. The van der Waals surface area contributed by atoms with Crippen LogP contribution in [0.4, 0.5) is 0 Å². The third kappa shape index (κ3) is 2.39. The van der Waals surface area contributed by atoms with E-state index in [1.807, 2.05) is 32.9 Å². The van der Waals surface area contributed by atoms with Gasteiger partial charge in [0.05, 0.1) is 0 Å². The Hall–Kier alpha value is -1.42. The van der Waals surface area contributed by atoms with E-state index in [4.69, 9.17) is 0 Å². The van der Waals surface area contributed by atoms with Crippen LogP contribution < -0.4 is 0 Å². The normalized spacial score (nSPS) is 10.4. The zero-order valence-electron chi connectivity index (χ0n) is 9.48. The lowest BCUT2D eigenvalue weighted by atomic mass is 10.2. The van der Waals surface area contributed by atoms with Crippen LogP contribution in [0, 0.1) is 26.8 Å². The Morgan fingerprint density at radius 2 is 1.81 bits per heavy atom. The first kappa shape index (κ1) is 11.1. The van der Waals surface area contributed by atoms with Gasteiger partial charge in [0, 0.05) is 23.7 Å². The molecule has 81 valence electrons. The summed E-state index contributed by atoms with van der Waals surface area (Å²) in [5.41, 5.74) is 3.20. The second-order valence-corrected chi connectivity index (χ2v) is 4.49. The topological polar surface area (TPSA) is 38.7 Å². The Labute approximate surface area is 99.4 Å². The molecule has 0 amide bonds. The molecule has 0 unspecified atom stereocenters. The molecule has 0 aliphatic carbocycles.